The predicted molar refractivity (Wildman–Crippen MR) is 67.4 cm³/mol. The molecule has 1 aliphatic heterocycles. The molecule has 2 atom stereocenters. The molecule has 0 radical (unpaired) electrons. The number of piperidine rings is 1. The Morgan fingerprint density at radius 3 is 2.94 bits per heavy atom. The van der Waals surface area contributed by atoms with E-state index >= 15 is 0 Å². The van der Waals surface area contributed by atoms with Crippen molar-refractivity contribution in [2.24, 2.45) is 5.92 Å². The number of nitrogen functional groups attached to an aromatic ring is 1. The molecule has 3 rings (SSSR count). The Labute approximate surface area is 101 Å². The molecule has 16 heavy (non-hydrogen) atoms. The highest BCUT2D eigenvalue weighted by molar-refractivity contribution is 6.31. The fraction of sp³-hybridized carbons (Fsp3) is 0.538. The molecule has 1 aromatic rings. The second kappa shape index (κ2) is 3.94. The zero-order valence-electron chi connectivity index (χ0n) is 9.32. The summed E-state index contributed by atoms with van der Waals surface area (Å²) >= 11 is 6.19. The van der Waals surface area contributed by atoms with Crippen molar-refractivity contribution in [2.45, 2.75) is 31.8 Å². The summed E-state index contributed by atoms with van der Waals surface area (Å²) in [6.45, 7) is 2.21. The normalized spacial score (nSPS) is 28.8. The number of fused-ring (bicyclic) bond motifs is 2. The molecule has 0 spiro atoms. The van der Waals surface area contributed by atoms with Crippen molar-refractivity contribution < 1.29 is 0 Å². The maximum atomic E-state index is 6.19. The highest BCUT2D eigenvalue weighted by Gasteiger charge is 2.37. The van der Waals surface area contributed by atoms with Gasteiger partial charge in [0.2, 0.25) is 0 Å². The van der Waals surface area contributed by atoms with Gasteiger partial charge in [0.1, 0.15) is 0 Å². The van der Waals surface area contributed by atoms with Crippen LogP contribution in [0.5, 0.6) is 0 Å². The maximum Gasteiger partial charge on any atom is 0.0452 e. The molecule has 0 aromatic heterocycles. The van der Waals surface area contributed by atoms with E-state index in [1.165, 1.54) is 31.4 Å². The minimum atomic E-state index is 0.794. The van der Waals surface area contributed by atoms with Crippen LogP contribution in [0.4, 0.5) is 5.69 Å². The summed E-state index contributed by atoms with van der Waals surface area (Å²) in [4.78, 5) is 2.56. The maximum absolute atomic E-state index is 6.19. The number of benzene rings is 1. The van der Waals surface area contributed by atoms with Gasteiger partial charge >= 0.3 is 0 Å². The Kier molecular flexibility index (Phi) is 2.56. The molecule has 1 saturated heterocycles. The molecule has 2 unspecified atom stereocenters. The van der Waals surface area contributed by atoms with Crippen molar-refractivity contribution in [3.63, 3.8) is 0 Å². The minimum absolute atomic E-state index is 0.794. The summed E-state index contributed by atoms with van der Waals surface area (Å²) in [7, 11) is 0. The summed E-state index contributed by atoms with van der Waals surface area (Å²) in [6.07, 6.45) is 4.18. The van der Waals surface area contributed by atoms with Gasteiger partial charge in [-0.3, -0.25) is 4.90 Å². The van der Waals surface area contributed by atoms with Gasteiger partial charge in [0, 0.05) is 29.8 Å². The molecule has 2 aliphatic rings. The second-order valence-corrected chi connectivity index (χ2v) is 5.52. The van der Waals surface area contributed by atoms with Gasteiger partial charge in [-0.25, -0.2) is 0 Å². The van der Waals surface area contributed by atoms with E-state index in [1.807, 2.05) is 18.2 Å². The molecule has 3 heteroatoms. The average Bonchev–Trinajstić information content (AvgIpc) is 2.85. The summed E-state index contributed by atoms with van der Waals surface area (Å²) < 4.78 is 0. The second-order valence-electron chi connectivity index (χ2n) is 5.11. The van der Waals surface area contributed by atoms with Crippen LogP contribution in [0, 0.1) is 5.92 Å². The molecule has 0 amide bonds. The smallest absolute Gasteiger partial charge is 0.0452 e. The van der Waals surface area contributed by atoms with E-state index in [2.05, 4.69) is 4.90 Å². The molecule has 1 saturated carbocycles. The summed E-state index contributed by atoms with van der Waals surface area (Å²) in [6, 6.07) is 6.57. The van der Waals surface area contributed by atoms with Crippen molar-refractivity contribution in [1.82, 2.24) is 4.90 Å². The van der Waals surface area contributed by atoms with E-state index < -0.39 is 0 Å². The van der Waals surface area contributed by atoms with E-state index in [9.17, 15) is 0 Å². The van der Waals surface area contributed by atoms with Crippen LogP contribution in [0.25, 0.3) is 0 Å². The van der Waals surface area contributed by atoms with Crippen molar-refractivity contribution in [3.05, 3.63) is 28.8 Å². The molecule has 2 N–H and O–H groups in total. The van der Waals surface area contributed by atoms with Crippen LogP contribution in [-0.2, 0) is 6.54 Å². The Morgan fingerprint density at radius 2 is 2.25 bits per heavy atom. The largest absolute Gasteiger partial charge is 0.399 e. The van der Waals surface area contributed by atoms with Crippen molar-refractivity contribution >= 4 is 17.3 Å². The first-order valence-corrected chi connectivity index (χ1v) is 6.38. The monoisotopic (exact) mass is 236 g/mol. The number of hydrogen-bond donors (Lipinski definition) is 1. The number of likely N-dealkylation sites (tertiary alicyclic amines) is 1. The van der Waals surface area contributed by atoms with E-state index in [-0.39, 0.29) is 0 Å². The lowest BCUT2D eigenvalue weighted by atomic mass is 10.1. The zero-order valence-corrected chi connectivity index (χ0v) is 10.1. The summed E-state index contributed by atoms with van der Waals surface area (Å²) in [5.41, 5.74) is 7.78. The quantitative estimate of drug-likeness (QED) is 0.801. The summed E-state index contributed by atoms with van der Waals surface area (Å²) in [5, 5.41) is 0.844. The molecular formula is C13H17ClN2. The van der Waals surface area contributed by atoms with E-state index in [0.29, 0.717) is 0 Å². The van der Waals surface area contributed by atoms with Crippen LogP contribution in [-0.4, -0.2) is 17.5 Å². The first-order chi connectivity index (χ1) is 7.72. The topological polar surface area (TPSA) is 29.3 Å². The Morgan fingerprint density at radius 1 is 1.38 bits per heavy atom. The number of anilines is 1. The first-order valence-electron chi connectivity index (χ1n) is 6.00. The minimum Gasteiger partial charge on any atom is -0.399 e. The molecular weight excluding hydrogens is 220 g/mol. The Bertz CT molecular complexity index is 405. The number of rotatable bonds is 2. The summed E-state index contributed by atoms with van der Waals surface area (Å²) in [5.74, 6) is 0.935. The van der Waals surface area contributed by atoms with E-state index in [4.69, 9.17) is 17.3 Å². The number of halogens is 1. The molecule has 2 bridgehead atoms. The molecule has 1 aromatic carbocycles. The Balaban J connectivity index is 1.76. The first kappa shape index (κ1) is 10.4. The van der Waals surface area contributed by atoms with Gasteiger partial charge in [-0.05, 0) is 48.9 Å². The fourth-order valence-corrected chi connectivity index (χ4v) is 3.33. The lowest BCUT2D eigenvalue weighted by Crippen LogP contribution is -2.31. The highest BCUT2D eigenvalue weighted by atomic mass is 35.5. The van der Waals surface area contributed by atoms with Crippen LogP contribution < -0.4 is 5.73 Å². The molecule has 2 fully saturated rings. The van der Waals surface area contributed by atoms with Crippen LogP contribution in [0.2, 0.25) is 5.02 Å². The molecule has 86 valence electrons. The third-order valence-electron chi connectivity index (χ3n) is 3.97. The van der Waals surface area contributed by atoms with E-state index in [1.54, 1.807) is 0 Å². The van der Waals surface area contributed by atoms with Crippen LogP contribution in [0.15, 0.2) is 18.2 Å². The SMILES string of the molecule is Nc1ccc(Cl)c(CN2CC3CCC2C3)c1. The third-order valence-corrected chi connectivity index (χ3v) is 4.33. The zero-order chi connectivity index (χ0) is 11.1. The lowest BCUT2D eigenvalue weighted by molar-refractivity contribution is 0.205. The van der Waals surface area contributed by atoms with Gasteiger partial charge < -0.3 is 5.73 Å². The number of hydrogen-bond acceptors (Lipinski definition) is 2. The van der Waals surface area contributed by atoms with Crippen LogP contribution in [0.3, 0.4) is 0 Å². The fourth-order valence-electron chi connectivity index (χ4n) is 3.16. The van der Waals surface area contributed by atoms with Gasteiger partial charge in [0.15, 0.2) is 0 Å². The van der Waals surface area contributed by atoms with Crippen LogP contribution in [0.1, 0.15) is 24.8 Å². The lowest BCUT2D eigenvalue weighted by Gasteiger charge is -2.27. The van der Waals surface area contributed by atoms with Crippen molar-refractivity contribution in [2.75, 3.05) is 12.3 Å². The van der Waals surface area contributed by atoms with Crippen molar-refractivity contribution in [1.29, 1.82) is 0 Å². The highest BCUT2D eigenvalue weighted by Crippen LogP contribution is 2.38. The number of nitrogens with zero attached hydrogens (tertiary/aromatic N) is 1. The molecule has 1 aliphatic carbocycles. The van der Waals surface area contributed by atoms with Gasteiger partial charge in [-0.2, -0.15) is 0 Å². The van der Waals surface area contributed by atoms with Gasteiger partial charge in [-0.15, -0.1) is 0 Å². The molecule has 1 heterocycles. The Hall–Kier alpha value is -0.730. The predicted octanol–water partition coefficient (Wildman–Crippen LogP) is 2.91. The number of nitrogens with two attached hydrogens (primary N) is 1. The van der Waals surface area contributed by atoms with E-state index in [0.717, 1.165) is 29.2 Å². The molecule has 2 nitrogen and oxygen atoms in total. The third kappa shape index (κ3) is 1.80. The van der Waals surface area contributed by atoms with Gasteiger partial charge in [0.05, 0.1) is 0 Å². The van der Waals surface area contributed by atoms with Gasteiger partial charge in [-0.1, -0.05) is 11.6 Å². The standard InChI is InChI=1S/C13H17ClN2/c14-13-4-2-11(15)6-10(13)8-16-7-9-1-3-12(16)5-9/h2,4,6,9,12H,1,3,5,7-8,15H2. The van der Waals surface area contributed by atoms with Gasteiger partial charge in [0.25, 0.3) is 0 Å². The van der Waals surface area contributed by atoms with Crippen LogP contribution >= 0.6 is 11.6 Å². The average molecular weight is 237 g/mol. The van der Waals surface area contributed by atoms with Crippen molar-refractivity contribution in [3.8, 4) is 0 Å².